The summed E-state index contributed by atoms with van der Waals surface area (Å²) in [5.41, 5.74) is 2.45. The normalized spacial score (nSPS) is 10.5. The van der Waals surface area contributed by atoms with Crippen LogP contribution in [0.15, 0.2) is 54.6 Å². The SMILES string of the molecule is Cc1nc(C)c(C(=O)Nc2ccccc2)c(-c2cccc(Cl)c2)c1C(=O)O. The zero-order valence-corrected chi connectivity index (χ0v) is 15.5. The lowest BCUT2D eigenvalue weighted by Crippen LogP contribution is -2.19. The molecule has 2 N–H and O–H groups in total. The van der Waals surface area contributed by atoms with Gasteiger partial charge in [-0.05, 0) is 43.7 Å². The number of hydrogen-bond donors (Lipinski definition) is 2. The van der Waals surface area contributed by atoms with Crippen LogP contribution >= 0.6 is 11.6 Å². The molecule has 0 saturated heterocycles. The van der Waals surface area contributed by atoms with Crippen molar-refractivity contribution in [2.45, 2.75) is 13.8 Å². The maximum absolute atomic E-state index is 13.0. The van der Waals surface area contributed by atoms with Crippen LogP contribution < -0.4 is 5.32 Å². The van der Waals surface area contributed by atoms with Gasteiger partial charge in [0.1, 0.15) is 0 Å². The third kappa shape index (κ3) is 3.83. The zero-order chi connectivity index (χ0) is 19.6. The Bertz CT molecular complexity index is 1030. The molecule has 0 aliphatic rings. The number of aromatic carboxylic acids is 1. The first kappa shape index (κ1) is 18.6. The Balaban J connectivity index is 2.25. The van der Waals surface area contributed by atoms with Gasteiger partial charge in [-0.3, -0.25) is 9.78 Å². The summed E-state index contributed by atoms with van der Waals surface area (Å²) in [6, 6.07) is 15.7. The summed E-state index contributed by atoms with van der Waals surface area (Å²) in [4.78, 5) is 29.3. The number of benzene rings is 2. The van der Waals surface area contributed by atoms with Gasteiger partial charge in [-0.2, -0.15) is 0 Å². The van der Waals surface area contributed by atoms with Gasteiger partial charge in [-0.15, -0.1) is 0 Å². The summed E-state index contributed by atoms with van der Waals surface area (Å²) in [5.74, 6) is -1.58. The molecule has 0 unspecified atom stereocenters. The van der Waals surface area contributed by atoms with Gasteiger partial charge < -0.3 is 10.4 Å². The van der Waals surface area contributed by atoms with E-state index in [1.807, 2.05) is 6.07 Å². The Morgan fingerprint density at radius 2 is 1.63 bits per heavy atom. The molecule has 0 fully saturated rings. The number of rotatable bonds is 4. The van der Waals surface area contributed by atoms with Crippen molar-refractivity contribution in [3.8, 4) is 11.1 Å². The number of carboxylic acid groups (broad SMARTS) is 1. The van der Waals surface area contributed by atoms with E-state index in [1.54, 1.807) is 62.4 Å². The maximum Gasteiger partial charge on any atom is 0.338 e. The quantitative estimate of drug-likeness (QED) is 0.669. The fourth-order valence-corrected chi connectivity index (χ4v) is 3.23. The van der Waals surface area contributed by atoms with Crippen LogP contribution in [0.1, 0.15) is 32.1 Å². The van der Waals surface area contributed by atoms with Crippen LogP contribution in [-0.2, 0) is 0 Å². The monoisotopic (exact) mass is 380 g/mol. The molecular weight excluding hydrogens is 364 g/mol. The Morgan fingerprint density at radius 1 is 0.963 bits per heavy atom. The first-order valence-electron chi connectivity index (χ1n) is 8.25. The largest absolute Gasteiger partial charge is 0.478 e. The molecule has 3 rings (SSSR count). The molecule has 27 heavy (non-hydrogen) atoms. The number of hydrogen-bond acceptors (Lipinski definition) is 3. The van der Waals surface area contributed by atoms with Crippen LogP contribution in [0.4, 0.5) is 5.69 Å². The number of amides is 1. The molecule has 1 amide bonds. The van der Waals surface area contributed by atoms with E-state index in [2.05, 4.69) is 10.3 Å². The van der Waals surface area contributed by atoms with E-state index in [0.717, 1.165) is 0 Å². The Morgan fingerprint density at radius 3 is 2.26 bits per heavy atom. The second kappa shape index (κ2) is 7.60. The van der Waals surface area contributed by atoms with E-state index in [-0.39, 0.29) is 11.1 Å². The van der Waals surface area contributed by atoms with E-state index in [9.17, 15) is 14.7 Å². The van der Waals surface area contributed by atoms with Crippen LogP contribution in [0.25, 0.3) is 11.1 Å². The van der Waals surface area contributed by atoms with Gasteiger partial charge in [0.05, 0.1) is 22.5 Å². The number of carbonyl (C=O) groups excluding carboxylic acids is 1. The van der Waals surface area contributed by atoms with Gasteiger partial charge in [0, 0.05) is 16.3 Å². The van der Waals surface area contributed by atoms with Gasteiger partial charge >= 0.3 is 5.97 Å². The highest BCUT2D eigenvalue weighted by Crippen LogP contribution is 2.33. The number of nitrogens with one attached hydrogen (secondary N) is 1. The Labute approximate surface area is 161 Å². The summed E-state index contributed by atoms with van der Waals surface area (Å²) in [6.07, 6.45) is 0. The summed E-state index contributed by atoms with van der Waals surface area (Å²) in [7, 11) is 0. The Hall–Kier alpha value is -3.18. The first-order valence-corrected chi connectivity index (χ1v) is 8.63. The highest BCUT2D eigenvalue weighted by Gasteiger charge is 2.26. The van der Waals surface area contributed by atoms with Crippen LogP contribution in [0.5, 0.6) is 0 Å². The molecule has 136 valence electrons. The first-order chi connectivity index (χ1) is 12.9. The van der Waals surface area contributed by atoms with Gasteiger partial charge in [0.25, 0.3) is 5.91 Å². The molecule has 5 nitrogen and oxygen atoms in total. The summed E-state index contributed by atoms with van der Waals surface area (Å²) in [6.45, 7) is 3.30. The van der Waals surface area contributed by atoms with E-state index in [4.69, 9.17) is 11.6 Å². The molecule has 3 aromatic rings. The number of nitrogens with zero attached hydrogens (tertiary/aromatic N) is 1. The van der Waals surface area contributed by atoms with Crippen molar-refractivity contribution in [3.05, 3.63) is 82.1 Å². The lowest BCUT2D eigenvalue weighted by atomic mass is 9.92. The summed E-state index contributed by atoms with van der Waals surface area (Å²) < 4.78 is 0. The number of anilines is 1. The van der Waals surface area contributed by atoms with Crippen LogP contribution in [0, 0.1) is 13.8 Å². The standard InChI is InChI=1S/C21H17ClN2O3/c1-12-17(20(25)24-16-9-4-3-5-10-16)19(14-7-6-8-15(22)11-14)18(21(26)27)13(2)23-12/h3-11H,1-2H3,(H,24,25)(H,26,27). The lowest BCUT2D eigenvalue weighted by molar-refractivity contribution is 0.0696. The number of para-hydroxylation sites is 1. The molecule has 0 bridgehead atoms. The highest BCUT2D eigenvalue weighted by atomic mass is 35.5. The van der Waals surface area contributed by atoms with Gasteiger partial charge in [0.15, 0.2) is 0 Å². The number of pyridine rings is 1. The molecule has 0 saturated carbocycles. The minimum atomic E-state index is -1.15. The fourth-order valence-electron chi connectivity index (χ4n) is 3.04. The molecule has 0 spiro atoms. The molecule has 6 heteroatoms. The number of carboxylic acids is 1. The van der Waals surface area contributed by atoms with Gasteiger partial charge in [0.2, 0.25) is 0 Å². The van der Waals surface area contributed by atoms with Crippen molar-refractivity contribution < 1.29 is 14.7 Å². The van der Waals surface area contributed by atoms with E-state index >= 15 is 0 Å². The lowest BCUT2D eigenvalue weighted by Gasteiger charge is -2.17. The van der Waals surface area contributed by atoms with Crippen LogP contribution in [-0.4, -0.2) is 22.0 Å². The minimum Gasteiger partial charge on any atom is -0.478 e. The summed E-state index contributed by atoms with van der Waals surface area (Å²) in [5, 5.41) is 13.0. The van der Waals surface area contributed by atoms with Crippen LogP contribution in [0.3, 0.4) is 0 Å². The van der Waals surface area contributed by atoms with Gasteiger partial charge in [-0.1, -0.05) is 41.9 Å². The van der Waals surface area contributed by atoms with Gasteiger partial charge in [-0.25, -0.2) is 4.79 Å². The molecule has 1 aromatic heterocycles. The molecule has 0 atom stereocenters. The molecular formula is C21H17ClN2O3. The summed E-state index contributed by atoms with van der Waals surface area (Å²) >= 11 is 6.10. The van der Waals surface area contributed by atoms with Crippen molar-refractivity contribution in [1.29, 1.82) is 0 Å². The molecule has 0 aliphatic carbocycles. The van der Waals surface area contributed by atoms with Crippen molar-refractivity contribution in [2.75, 3.05) is 5.32 Å². The molecule has 2 aromatic carbocycles. The van der Waals surface area contributed by atoms with Crippen molar-refractivity contribution in [2.24, 2.45) is 0 Å². The number of halogens is 1. The van der Waals surface area contributed by atoms with E-state index in [1.165, 1.54) is 0 Å². The second-order valence-corrected chi connectivity index (χ2v) is 6.48. The zero-order valence-electron chi connectivity index (χ0n) is 14.8. The third-order valence-corrected chi connectivity index (χ3v) is 4.38. The average Bonchev–Trinajstić information content (AvgIpc) is 2.61. The average molecular weight is 381 g/mol. The number of aromatic nitrogens is 1. The second-order valence-electron chi connectivity index (χ2n) is 6.04. The third-order valence-electron chi connectivity index (χ3n) is 4.14. The smallest absolute Gasteiger partial charge is 0.338 e. The molecule has 0 aliphatic heterocycles. The van der Waals surface area contributed by atoms with E-state index in [0.29, 0.717) is 33.2 Å². The molecule has 1 heterocycles. The highest BCUT2D eigenvalue weighted by molar-refractivity contribution is 6.31. The van der Waals surface area contributed by atoms with Crippen molar-refractivity contribution in [3.63, 3.8) is 0 Å². The van der Waals surface area contributed by atoms with E-state index < -0.39 is 11.9 Å². The number of aryl methyl sites for hydroxylation is 2. The topological polar surface area (TPSA) is 79.3 Å². The predicted octanol–water partition coefficient (Wildman–Crippen LogP) is 4.97. The van der Waals surface area contributed by atoms with Crippen molar-refractivity contribution >= 4 is 29.2 Å². The van der Waals surface area contributed by atoms with Crippen LogP contribution in [0.2, 0.25) is 5.02 Å². The fraction of sp³-hybridized carbons (Fsp3) is 0.0952. The van der Waals surface area contributed by atoms with Crippen molar-refractivity contribution in [1.82, 2.24) is 4.98 Å². The maximum atomic E-state index is 13.0. The minimum absolute atomic E-state index is 0.0129. The molecule has 0 radical (unpaired) electrons. The Kier molecular flexibility index (Phi) is 5.23. The number of carbonyl (C=O) groups is 2. The predicted molar refractivity (Wildman–Crippen MR) is 106 cm³/mol.